The summed E-state index contributed by atoms with van der Waals surface area (Å²) in [5.74, 6) is 0. The highest BCUT2D eigenvalue weighted by Crippen LogP contribution is 2.15. The van der Waals surface area contributed by atoms with Gasteiger partial charge < -0.3 is 0 Å². The molecule has 0 amide bonds. The summed E-state index contributed by atoms with van der Waals surface area (Å²) in [6, 6.07) is 0. The van der Waals surface area contributed by atoms with Crippen LogP contribution in [0.25, 0.3) is 0 Å². The third-order valence-corrected chi connectivity index (χ3v) is 1.15. The first-order valence-electron chi connectivity index (χ1n) is 3.04. The summed E-state index contributed by atoms with van der Waals surface area (Å²) in [7, 11) is 0. The molecular formula is C8H13O. The van der Waals surface area contributed by atoms with Gasteiger partial charge in [-0.25, -0.2) is 5.11 Å². The Labute approximate surface area is 56.7 Å². The van der Waals surface area contributed by atoms with Crippen molar-refractivity contribution in [1.29, 1.82) is 0 Å². The van der Waals surface area contributed by atoms with Gasteiger partial charge in [0, 0.05) is 0 Å². The van der Waals surface area contributed by atoms with Crippen molar-refractivity contribution in [2.45, 2.75) is 25.4 Å². The average molecular weight is 125 g/mol. The summed E-state index contributed by atoms with van der Waals surface area (Å²) < 4.78 is 0. The van der Waals surface area contributed by atoms with Crippen molar-refractivity contribution in [2.75, 3.05) is 0 Å². The van der Waals surface area contributed by atoms with E-state index in [4.69, 9.17) is 0 Å². The number of rotatable bonds is 4. The fourth-order valence-corrected chi connectivity index (χ4v) is 0.694. The van der Waals surface area contributed by atoms with Crippen LogP contribution in [0.3, 0.4) is 0 Å². The van der Waals surface area contributed by atoms with Crippen molar-refractivity contribution in [3.05, 3.63) is 25.3 Å². The van der Waals surface area contributed by atoms with Crippen LogP contribution >= 0.6 is 0 Å². The summed E-state index contributed by atoms with van der Waals surface area (Å²) in [5.41, 5.74) is -0.885. The fraction of sp³-hybridized carbons (Fsp3) is 0.500. The van der Waals surface area contributed by atoms with Crippen molar-refractivity contribution < 1.29 is 5.11 Å². The van der Waals surface area contributed by atoms with Crippen LogP contribution in [-0.2, 0) is 5.11 Å². The lowest BCUT2D eigenvalue weighted by atomic mass is 9.99. The van der Waals surface area contributed by atoms with Crippen molar-refractivity contribution in [3.8, 4) is 0 Å². The molecule has 0 bridgehead atoms. The summed E-state index contributed by atoms with van der Waals surface area (Å²) in [6.45, 7) is 8.65. The predicted octanol–water partition coefficient (Wildman–Crippen LogP) is 2.33. The van der Waals surface area contributed by atoms with Crippen molar-refractivity contribution in [1.82, 2.24) is 0 Å². The van der Waals surface area contributed by atoms with Gasteiger partial charge in [0.1, 0.15) is 5.60 Å². The molecule has 0 unspecified atom stereocenters. The molecule has 0 aromatic rings. The molecule has 0 aromatic carbocycles. The largest absolute Gasteiger partial charge is 0.229 e. The van der Waals surface area contributed by atoms with Gasteiger partial charge >= 0.3 is 0 Å². The van der Waals surface area contributed by atoms with Crippen LogP contribution in [0.2, 0.25) is 0 Å². The zero-order valence-corrected chi connectivity index (χ0v) is 5.89. The minimum atomic E-state index is -0.885. The molecule has 0 saturated carbocycles. The minimum Gasteiger partial charge on any atom is -0.229 e. The van der Waals surface area contributed by atoms with Gasteiger partial charge in [0.15, 0.2) is 0 Å². The Morgan fingerprint density at radius 1 is 1.33 bits per heavy atom. The second kappa shape index (κ2) is 3.46. The second-order valence-electron chi connectivity index (χ2n) is 2.44. The van der Waals surface area contributed by atoms with E-state index in [9.17, 15) is 5.11 Å². The molecule has 0 atom stereocenters. The zero-order valence-electron chi connectivity index (χ0n) is 5.89. The van der Waals surface area contributed by atoms with E-state index in [0.717, 1.165) is 0 Å². The molecule has 0 spiro atoms. The van der Waals surface area contributed by atoms with Gasteiger partial charge in [-0.15, -0.1) is 13.2 Å². The predicted molar refractivity (Wildman–Crippen MR) is 38.7 cm³/mol. The maximum Gasteiger partial charge on any atom is 0.108 e. The lowest BCUT2D eigenvalue weighted by Gasteiger charge is -2.14. The van der Waals surface area contributed by atoms with Crippen molar-refractivity contribution in [2.24, 2.45) is 0 Å². The van der Waals surface area contributed by atoms with Crippen LogP contribution in [0.1, 0.15) is 19.8 Å². The molecule has 0 rings (SSSR count). The van der Waals surface area contributed by atoms with E-state index in [2.05, 4.69) is 13.2 Å². The van der Waals surface area contributed by atoms with Crippen LogP contribution in [0.15, 0.2) is 25.3 Å². The van der Waals surface area contributed by atoms with Crippen LogP contribution in [0.4, 0.5) is 0 Å². The Balaban J connectivity index is 3.68. The van der Waals surface area contributed by atoms with Crippen LogP contribution in [-0.4, -0.2) is 5.60 Å². The summed E-state index contributed by atoms with van der Waals surface area (Å²) in [6.07, 6.45) is 4.32. The highest BCUT2D eigenvalue weighted by Gasteiger charge is 2.17. The van der Waals surface area contributed by atoms with E-state index in [1.54, 1.807) is 19.1 Å². The van der Waals surface area contributed by atoms with Crippen molar-refractivity contribution in [3.63, 3.8) is 0 Å². The molecule has 0 aromatic heterocycles. The van der Waals surface area contributed by atoms with Crippen LogP contribution in [0, 0.1) is 0 Å². The molecule has 0 fully saturated rings. The lowest BCUT2D eigenvalue weighted by molar-refractivity contribution is -0.00736. The van der Waals surface area contributed by atoms with E-state index in [1.165, 1.54) is 0 Å². The molecule has 0 heterocycles. The molecule has 0 aliphatic heterocycles. The van der Waals surface area contributed by atoms with E-state index >= 15 is 0 Å². The molecule has 0 aliphatic carbocycles. The van der Waals surface area contributed by atoms with Crippen molar-refractivity contribution >= 4 is 0 Å². The van der Waals surface area contributed by atoms with Gasteiger partial charge in [-0.3, -0.25) is 0 Å². The molecule has 0 N–H and O–H groups in total. The smallest absolute Gasteiger partial charge is 0.108 e. The highest BCUT2D eigenvalue weighted by molar-refractivity contribution is 4.87. The summed E-state index contributed by atoms with van der Waals surface area (Å²) >= 11 is 0. The standard InChI is InChI=1S/C8H13O/c1-4-6-8(3,9)7-5-2/h4-5H,1-2,6-7H2,3H3. The second-order valence-corrected chi connectivity index (χ2v) is 2.44. The van der Waals surface area contributed by atoms with E-state index in [1.807, 2.05) is 0 Å². The molecule has 0 saturated heterocycles. The van der Waals surface area contributed by atoms with Crippen LogP contribution < -0.4 is 0 Å². The number of hydrogen-bond donors (Lipinski definition) is 0. The van der Waals surface area contributed by atoms with Gasteiger partial charge in [-0.1, -0.05) is 12.2 Å². The van der Waals surface area contributed by atoms with Gasteiger partial charge in [0.25, 0.3) is 0 Å². The molecule has 9 heavy (non-hydrogen) atoms. The maximum atomic E-state index is 11.2. The van der Waals surface area contributed by atoms with Gasteiger partial charge in [0.05, 0.1) is 0 Å². The molecule has 1 nitrogen and oxygen atoms in total. The third-order valence-electron chi connectivity index (χ3n) is 1.15. The SMILES string of the molecule is C=CCC(C)([O])CC=C. The quantitative estimate of drug-likeness (QED) is 0.514. The first-order chi connectivity index (χ1) is 4.12. The molecule has 0 aliphatic rings. The summed E-state index contributed by atoms with van der Waals surface area (Å²) in [4.78, 5) is 0. The monoisotopic (exact) mass is 125 g/mol. The van der Waals surface area contributed by atoms with Crippen LogP contribution in [0.5, 0.6) is 0 Å². The Morgan fingerprint density at radius 3 is 1.89 bits per heavy atom. The maximum absolute atomic E-state index is 11.2. The lowest BCUT2D eigenvalue weighted by Crippen LogP contribution is -2.19. The minimum absolute atomic E-state index is 0.513. The highest BCUT2D eigenvalue weighted by atomic mass is 16.3. The fourth-order valence-electron chi connectivity index (χ4n) is 0.694. The van der Waals surface area contributed by atoms with Gasteiger partial charge in [0.2, 0.25) is 0 Å². The Bertz CT molecular complexity index is 91.1. The molecular weight excluding hydrogens is 112 g/mol. The molecule has 1 heteroatoms. The molecule has 51 valence electrons. The summed E-state index contributed by atoms with van der Waals surface area (Å²) in [5, 5.41) is 11.2. The third kappa shape index (κ3) is 3.98. The topological polar surface area (TPSA) is 19.9 Å². The van der Waals surface area contributed by atoms with E-state index in [0.29, 0.717) is 12.8 Å². The molecule has 1 radical (unpaired) electrons. The average Bonchev–Trinajstić information content (AvgIpc) is 1.64. The first kappa shape index (κ1) is 8.44. The number of hydrogen-bond acceptors (Lipinski definition) is 0. The first-order valence-corrected chi connectivity index (χ1v) is 3.04. The Morgan fingerprint density at radius 2 is 1.67 bits per heavy atom. The van der Waals surface area contributed by atoms with E-state index < -0.39 is 5.60 Å². The Hall–Kier alpha value is -0.560. The normalized spacial score (nSPS) is 10.9. The van der Waals surface area contributed by atoms with Gasteiger partial charge in [-0.05, 0) is 19.8 Å². The Kier molecular flexibility index (Phi) is 3.25. The van der Waals surface area contributed by atoms with Gasteiger partial charge in [-0.2, -0.15) is 0 Å². The zero-order chi connectivity index (χ0) is 7.33. The van der Waals surface area contributed by atoms with E-state index in [-0.39, 0.29) is 0 Å².